The van der Waals surface area contributed by atoms with Crippen LogP contribution in [0.4, 0.5) is 20.3 Å². The van der Waals surface area contributed by atoms with Gasteiger partial charge in [0, 0.05) is 13.2 Å². The summed E-state index contributed by atoms with van der Waals surface area (Å²) in [6, 6.07) is 5.65. The third-order valence-corrected chi connectivity index (χ3v) is 2.83. The fourth-order valence-electron chi connectivity index (χ4n) is 1.76. The molecule has 0 fully saturated rings. The summed E-state index contributed by atoms with van der Waals surface area (Å²) in [6.45, 7) is 1.65. The van der Waals surface area contributed by atoms with E-state index in [4.69, 9.17) is 0 Å². The van der Waals surface area contributed by atoms with Crippen molar-refractivity contribution in [2.45, 2.75) is 6.92 Å². The quantitative estimate of drug-likeness (QED) is 0.907. The van der Waals surface area contributed by atoms with Crippen LogP contribution in [0.1, 0.15) is 15.9 Å². The average molecular weight is 277 g/mol. The number of para-hydroxylation sites is 1. The maximum atomic E-state index is 13.9. The molecule has 2 N–H and O–H groups in total. The molecular weight excluding hydrogens is 264 g/mol. The second kappa shape index (κ2) is 5.64. The number of pyridine rings is 1. The summed E-state index contributed by atoms with van der Waals surface area (Å²) in [6.07, 6.45) is 1.30. The van der Waals surface area contributed by atoms with E-state index in [1.807, 2.05) is 0 Å². The Balaban J connectivity index is 2.34. The molecule has 0 atom stereocenters. The van der Waals surface area contributed by atoms with Crippen LogP contribution < -0.4 is 10.6 Å². The lowest BCUT2D eigenvalue weighted by atomic mass is 10.1. The SMILES string of the molecule is CNc1nccc(C(=O)Nc2c(C)cccc2F)c1F. The van der Waals surface area contributed by atoms with Crippen LogP contribution in [0.3, 0.4) is 0 Å². The molecule has 2 rings (SSSR count). The number of benzene rings is 1. The van der Waals surface area contributed by atoms with Gasteiger partial charge in [-0.25, -0.2) is 13.8 Å². The van der Waals surface area contributed by atoms with Gasteiger partial charge in [-0.3, -0.25) is 4.79 Å². The number of carbonyl (C=O) groups is 1. The molecule has 1 aromatic heterocycles. The molecule has 104 valence electrons. The number of carbonyl (C=O) groups excluding carboxylic acids is 1. The molecule has 0 radical (unpaired) electrons. The maximum Gasteiger partial charge on any atom is 0.258 e. The molecule has 0 bridgehead atoms. The standard InChI is InChI=1S/C14H13F2N3O/c1-8-4-3-5-10(15)12(8)19-14(20)9-6-7-18-13(17-2)11(9)16/h3-7H,1-2H3,(H,17,18)(H,19,20). The third kappa shape index (κ3) is 2.59. The monoisotopic (exact) mass is 277 g/mol. The van der Waals surface area contributed by atoms with Crippen LogP contribution in [0.5, 0.6) is 0 Å². The fraction of sp³-hybridized carbons (Fsp3) is 0.143. The molecule has 0 saturated heterocycles. The second-order valence-corrected chi connectivity index (χ2v) is 4.16. The number of aromatic nitrogens is 1. The lowest BCUT2D eigenvalue weighted by molar-refractivity contribution is 0.102. The number of nitrogens with one attached hydrogen (secondary N) is 2. The summed E-state index contributed by atoms with van der Waals surface area (Å²) in [4.78, 5) is 15.8. The van der Waals surface area contributed by atoms with Crippen LogP contribution in [0.25, 0.3) is 0 Å². The lowest BCUT2D eigenvalue weighted by Crippen LogP contribution is -2.16. The summed E-state index contributed by atoms with van der Waals surface area (Å²) < 4.78 is 27.6. The fourth-order valence-corrected chi connectivity index (χ4v) is 1.76. The molecule has 20 heavy (non-hydrogen) atoms. The molecule has 0 unspecified atom stereocenters. The van der Waals surface area contributed by atoms with Crippen molar-refractivity contribution in [3.8, 4) is 0 Å². The molecule has 0 saturated carbocycles. The van der Waals surface area contributed by atoms with Crippen molar-refractivity contribution < 1.29 is 13.6 Å². The molecule has 0 aliphatic carbocycles. The molecule has 1 amide bonds. The van der Waals surface area contributed by atoms with Gasteiger partial charge in [0.05, 0.1) is 11.3 Å². The number of hydrogen-bond donors (Lipinski definition) is 2. The van der Waals surface area contributed by atoms with Gasteiger partial charge in [-0.2, -0.15) is 0 Å². The Morgan fingerprint density at radius 1 is 1.25 bits per heavy atom. The van der Waals surface area contributed by atoms with E-state index in [0.29, 0.717) is 5.56 Å². The predicted molar refractivity (Wildman–Crippen MR) is 72.8 cm³/mol. The average Bonchev–Trinajstić information content (AvgIpc) is 2.43. The number of anilines is 2. The van der Waals surface area contributed by atoms with Gasteiger partial charge in [-0.05, 0) is 24.6 Å². The number of aryl methyl sites for hydroxylation is 1. The third-order valence-electron chi connectivity index (χ3n) is 2.83. The normalized spacial score (nSPS) is 10.2. The molecule has 2 aromatic rings. The van der Waals surface area contributed by atoms with E-state index in [-0.39, 0.29) is 17.1 Å². The van der Waals surface area contributed by atoms with Gasteiger partial charge in [-0.1, -0.05) is 12.1 Å². The minimum absolute atomic E-state index is 0.0390. The zero-order chi connectivity index (χ0) is 14.7. The van der Waals surface area contributed by atoms with E-state index in [0.717, 1.165) is 0 Å². The molecule has 4 nitrogen and oxygen atoms in total. The van der Waals surface area contributed by atoms with Crippen LogP contribution in [0.2, 0.25) is 0 Å². The van der Waals surface area contributed by atoms with Crippen molar-refractivity contribution in [3.63, 3.8) is 0 Å². The maximum absolute atomic E-state index is 13.9. The van der Waals surface area contributed by atoms with Crippen LogP contribution in [0, 0.1) is 18.6 Å². The highest BCUT2D eigenvalue weighted by molar-refractivity contribution is 6.05. The van der Waals surface area contributed by atoms with Gasteiger partial charge < -0.3 is 10.6 Å². The number of hydrogen-bond acceptors (Lipinski definition) is 3. The van der Waals surface area contributed by atoms with Crippen LogP contribution in [-0.4, -0.2) is 17.9 Å². The van der Waals surface area contributed by atoms with Crippen molar-refractivity contribution >= 4 is 17.4 Å². The van der Waals surface area contributed by atoms with E-state index in [9.17, 15) is 13.6 Å². The van der Waals surface area contributed by atoms with E-state index in [1.54, 1.807) is 13.0 Å². The highest BCUT2D eigenvalue weighted by atomic mass is 19.1. The topological polar surface area (TPSA) is 54.0 Å². The van der Waals surface area contributed by atoms with Crippen molar-refractivity contribution in [2.24, 2.45) is 0 Å². The zero-order valence-electron chi connectivity index (χ0n) is 11.0. The van der Waals surface area contributed by atoms with Crippen LogP contribution in [0.15, 0.2) is 30.5 Å². The number of halogens is 2. The largest absolute Gasteiger partial charge is 0.371 e. The zero-order valence-corrected chi connectivity index (χ0v) is 11.0. The Morgan fingerprint density at radius 2 is 2.00 bits per heavy atom. The number of rotatable bonds is 3. The summed E-state index contributed by atoms with van der Waals surface area (Å²) in [5, 5.41) is 4.91. The minimum atomic E-state index is -0.776. The molecule has 1 heterocycles. The van der Waals surface area contributed by atoms with Gasteiger partial charge >= 0.3 is 0 Å². The summed E-state index contributed by atoms with van der Waals surface area (Å²) in [7, 11) is 1.49. The van der Waals surface area contributed by atoms with E-state index in [1.165, 1.54) is 31.4 Å². The van der Waals surface area contributed by atoms with E-state index in [2.05, 4.69) is 15.6 Å². The van der Waals surface area contributed by atoms with E-state index >= 15 is 0 Å². The van der Waals surface area contributed by atoms with Gasteiger partial charge in [0.25, 0.3) is 5.91 Å². The second-order valence-electron chi connectivity index (χ2n) is 4.16. The van der Waals surface area contributed by atoms with Crippen molar-refractivity contribution in [1.29, 1.82) is 0 Å². The Hall–Kier alpha value is -2.50. The van der Waals surface area contributed by atoms with Crippen molar-refractivity contribution in [2.75, 3.05) is 17.7 Å². The van der Waals surface area contributed by atoms with Gasteiger partial charge in [0.2, 0.25) is 0 Å². The predicted octanol–water partition coefficient (Wildman–Crippen LogP) is 2.96. The van der Waals surface area contributed by atoms with Gasteiger partial charge in [0.1, 0.15) is 5.82 Å². The molecule has 6 heteroatoms. The molecule has 1 aromatic carbocycles. The summed E-state index contributed by atoms with van der Waals surface area (Å²) >= 11 is 0. The smallest absolute Gasteiger partial charge is 0.258 e. The van der Waals surface area contributed by atoms with E-state index < -0.39 is 17.5 Å². The van der Waals surface area contributed by atoms with Gasteiger partial charge in [0.15, 0.2) is 11.6 Å². The molecule has 0 spiro atoms. The van der Waals surface area contributed by atoms with Gasteiger partial charge in [-0.15, -0.1) is 0 Å². The highest BCUT2D eigenvalue weighted by Crippen LogP contribution is 2.21. The number of amides is 1. The Labute approximate surface area is 114 Å². The van der Waals surface area contributed by atoms with Crippen LogP contribution >= 0.6 is 0 Å². The Morgan fingerprint density at radius 3 is 2.65 bits per heavy atom. The first-order valence-corrected chi connectivity index (χ1v) is 5.93. The Kier molecular flexibility index (Phi) is 3.93. The highest BCUT2D eigenvalue weighted by Gasteiger charge is 2.17. The van der Waals surface area contributed by atoms with Crippen LogP contribution in [-0.2, 0) is 0 Å². The minimum Gasteiger partial charge on any atom is -0.371 e. The first-order valence-electron chi connectivity index (χ1n) is 5.93. The molecule has 0 aliphatic heterocycles. The number of nitrogens with zero attached hydrogens (tertiary/aromatic N) is 1. The lowest BCUT2D eigenvalue weighted by Gasteiger charge is -2.10. The van der Waals surface area contributed by atoms with Crippen molar-refractivity contribution in [1.82, 2.24) is 4.98 Å². The Bertz CT molecular complexity index is 639. The van der Waals surface area contributed by atoms with Crippen molar-refractivity contribution in [3.05, 3.63) is 53.2 Å². The molecule has 0 aliphatic rings. The first-order chi connectivity index (χ1) is 9.54. The molecular formula is C14H13F2N3O. The summed E-state index contributed by atoms with van der Waals surface area (Å²) in [5.41, 5.74) is 0.397. The summed E-state index contributed by atoms with van der Waals surface area (Å²) in [5.74, 6) is -2.11. The first kappa shape index (κ1) is 13.9.